The minimum absolute atomic E-state index is 0.0653. The quantitative estimate of drug-likeness (QED) is 0.873. The molecule has 1 saturated heterocycles. The summed E-state index contributed by atoms with van der Waals surface area (Å²) in [6.07, 6.45) is 0.997. The van der Waals surface area contributed by atoms with E-state index in [2.05, 4.69) is 50.4 Å². The van der Waals surface area contributed by atoms with Gasteiger partial charge >= 0.3 is 6.03 Å². The molecule has 0 spiro atoms. The standard InChI is InChI=1S/C15H22N2O/c1-12(2)17-11-15(3,10-16-14(17)18)9-13-7-5-4-6-8-13/h4-8,12H,9-11H2,1-3H3,(H,16,18). The highest BCUT2D eigenvalue weighted by Crippen LogP contribution is 2.27. The van der Waals surface area contributed by atoms with E-state index in [0.717, 1.165) is 19.5 Å². The molecule has 0 radical (unpaired) electrons. The van der Waals surface area contributed by atoms with E-state index < -0.39 is 0 Å². The lowest BCUT2D eigenvalue weighted by Gasteiger charge is -2.42. The Hall–Kier alpha value is -1.51. The first-order chi connectivity index (χ1) is 8.50. The Morgan fingerprint density at radius 3 is 2.61 bits per heavy atom. The molecule has 3 nitrogen and oxygen atoms in total. The summed E-state index contributed by atoms with van der Waals surface area (Å²) in [4.78, 5) is 13.7. The molecule has 1 unspecified atom stereocenters. The van der Waals surface area contributed by atoms with Crippen LogP contribution < -0.4 is 5.32 Å². The molecule has 3 heteroatoms. The normalized spacial score (nSPS) is 24.2. The summed E-state index contributed by atoms with van der Waals surface area (Å²) < 4.78 is 0. The van der Waals surface area contributed by atoms with Crippen molar-refractivity contribution in [1.29, 1.82) is 0 Å². The highest BCUT2D eigenvalue weighted by atomic mass is 16.2. The summed E-state index contributed by atoms with van der Waals surface area (Å²) in [5.41, 5.74) is 1.44. The van der Waals surface area contributed by atoms with Gasteiger partial charge in [0.25, 0.3) is 0 Å². The van der Waals surface area contributed by atoms with Crippen LogP contribution in [0.15, 0.2) is 30.3 Å². The van der Waals surface area contributed by atoms with E-state index in [1.54, 1.807) is 0 Å². The van der Waals surface area contributed by atoms with Crippen LogP contribution in [0, 0.1) is 5.41 Å². The van der Waals surface area contributed by atoms with E-state index in [9.17, 15) is 4.79 Å². The van der Waals surface area contributed by atoms with Crippen molar-refractivity contribution in [3.63, 3.8) is 0 Å². The zero-order valence-electron chi connectivity index (χ0n) is 11.4. The van der Waals surface area contributed by atoms with Crippen LogP contribution in [-0.2, 0) is 6.42 Å². The summed E-state index contributed by atoms with van der Waals surface area (Å²) in [7, 11) is 0. The fraction of sp³-hybridized carbons (Fsp3) is 0.533. The highest BCUT2D eigenvalue weighted by molar-refractivity contribution is 5.75. The van der Waals surface area contributed by atoms with E-state index in [-0.39, 0.29) is 17.5 Å². The number of urea groups is 1. The van der Waals surface area contributed by atoms with Crippen molar-refractivity contribution in [2.24, 2.45) is 5.41 Å². The Bertz CT molecular complexity index is 416. The summed E-state index contributed by atoms with van der Waals surface area (Å²) in [5, 5.41) is 3.01. The van der Waals surface area contributed by atoms with Crippen LogP contribution in [0.3, 0.4) is 0 Å². The largest absolute Gasteiger partial charge is 0.337 e. The molecule has 1 aromatic rings. The third-order valence-corrected chi connectivity index (χ3v) is 3.58. The third kappa shape index (κ3) is 2.84. The van der Waals surface area contributed by atoms with Crippen LogP contribution >= 0.6 is 0 Å². The van der Waals surface area contributed by atoms with Crippen molar-refractivity contribution in [1.82, 2.24) is 10.2 Å². The summed E-state index contributed by atoms with van der Waals surface area (Å²) >= 11 is 0. The molecule has 0 bridgehead atoms. The number of benzene rings is 1. The minimum atomic E-state index is 0.0653. The van der Waals surface area contributed by atoms with Gasteiger partial charge in [0, 0.05) is 24.5 Å². The maximum absolute atomic E-state index is 11.8. The number of nitrogens with one attached hydrogen (secondary N) is 1. The Labute approximate surface area is 109 Å². The number of hydrogen-bond donors (Lipinski definition) is 1. The van der Waals surface area contributed by atoms with E-state index in [1.165, 1.54) is 5.56 Å². The molecule has 1 atom stereocenters. The number of carbonyl (C=O) groups is 1. The van der Waals surface area contributed by atoms with Crippen LogP contribution in [0.2, 0.25) is 0 Å². The van der Waals surface area contributed by atoms with E-state index in [0.29, 0.717) is 0 Å². The zero-order chi connectivity index (χ0) is 13.2. The van der Waals surface area contributed by atoms with Crippen molar-refractivity contribution in [3.05, 3.63) is 35.9 Å². The van der Waals surface area contributed by atoms with Crippen molar-refractivity contribution in [2.45, 2.75) is 33.2 Å². The van der Waals surface area contributed by atoms with Gasteiger partial charge in [-0.05, 0) is 25.8 Å². The van der Waals surface area contributed by atoms with Gasteiger partial charge in [-0.3, -0.25) is 0 Å². The molecule has 1 aliphatic rings. The van der Waals surface area contributed by atoms with Crippen molar-refractivity contribution in [3.8, 4) is 0 Å². The third-order valence-electron chi connectivity index (χ3n) is 3.58. The minimum Gasteiger partial charge on any atom is -0.337 e. The second kappa shape index (κ2) is 5.01. The molecule has 1 N–H and O–H groups in total. The number of hydrogen-bond acceptors (Lipinski definition) is 1. The molecular formula is C15H22N2O. The van der Waals surface area contributed by atoms with Gasteiger partial charge < -0.3 is 10.2 Å². The maximum atomic E-state index is 11.8. The Morgan fingerprint density at radius 1 is 1.33 bits per heavy atom. The number of nitrogens with zero attached hydrogens (tertiary/aromatic N) is 1. The second-order valence-electron chi connectivity index (χ2n) is 5.85. The lowest BCUT2D eigenvalue weighted by molar-refractivity contribution is 0.110. The predicted octanol–water partition coefficient (Wildman–Crippen LogP) is 2.67. The molecule has 2 amide bonds. The van der Waals surface area contributed by atoms with Crippen molar-refractivity contribution >= 4 is 6.03 Å². The summed E-state index contributed by atoms with van der Waals surface area (Å²) in [5.74, 6) is 0. The monoisotopic (exact) mass is 246 g/mol. The molecule has 98 valence electrons. The van der Waals surface area contributed by atoms with Crippen LogP contribution in [0.4, 0.5) is 4.79 Å². The first-order valence-electron chi connectivity index (χ1n) is 6.59. The van der Waals surface area contributed by atoms with Crippen LogP contribution in [0.25, 0.3) is 0 Å². The van der Waals surface area contributed by atoms with Gasteiger partial charge in [0.15, 0.2) is 0 Å². The fourth-order valence-electron chi connectivity index (χ4n) is 2.55. The topological polar surface area (TPSA) is 32.3 Å². The lowest BCUT2D eigenvalue weighted by Crippen LogP contribution is -2.58. The molecule has 18 heavy (non-hydrogen) atoms. The fourth-order valence-corrected chi connectivity index (χ4v) is 2.55. The predicted molar refractivity (Wildman–Crippen MR) is 73.5 cm³/mol. The van der Waals surface area contributed by atoms with E-state index in [4.69, 9.17) is 0 Å². The molecule has 0 aromatic heterocycles. The Kier molecular flexibility index (Phi) is 3.60. The van der Waals surface area contributed by atoms with Gasteiger partial charge in [0.05, 0.1) is 0 Å². The Balaban J connectivity index is 2.09. The van der Waals surface area contributed by atoms with E-state index >= 15 is 0 Å². The van der Waals surface area contributed by atoms with Gasteiger partial charge in [-0.1, -0.05) is 37.3 Å². The van der Waals surface area contributed by atoms with Crippen LogP contribution in [0.5, 0.6) is 0 Å². The van der Waals surface area contributed by atoms with Crippen LogP contribution in [-0.4, -0.2) is 30.1 Å². The molecule has 0 saturated carbocycles. The number of rotatable bonds is 3. The van der Waals surface area contributed by atoms with Gasteiger partial charge in [0.2, 0.25) is 0 Å². The number of carbonyl (C=O) groups excluding carboxylic acids is 1. The first kappa shape index (κ1) is 12.9. The summed E-state index contributed by atoms with van der Waals surface area (Å²) in [6, 6.07) is 10.8. The number of amides is 2. The van der Waals surface area contributed by atoms with Crippen LogP contribution in [0.1, 0.15) is 26.3 Å². The van der Waals surface area contributed by atoms with Gasteiger partial charge in [-0.15, -0.1) is 0 Å². The molecule has 1 aliphatic heterocycles. The van der Waals surface area contributed by atoms with E-state index in [1.807, 2.05) is 11.0 Å². The Morgan fingerprint density at radius 2 is 2.00 bits per heavy atom. The highest BCUT2D eigenvalue weighted by Gasteiger charge is 2.35. The SMILES string of the molecule is CC(C)N1CC(C)(Cc2ccccc2)CNC1=O. The summed E-state index contributed by atoms with van der Waals surface area (Å²) in [6.45, 7) is 7.95. The average molecular weight is 246 g/mol. The average Bonchev–Trinajstić information content (AvgIpc) is 2.33. The first-order valence-corrected chi connectivity index (χ1v) is 6.59. The second-order valence-corrected chi connectivity index (χ2v) is 5.85. The lowest BCUT2D eigenvalue weighted by atomic mass is 9.81. The molecule has 1 aromatic carbocycles. The smallest absolute Gasteiger partial charge is 0.317 e. The molecule has 1 heterocycles. The zero-order valence-corrected chi connectivity index (χ0v) is 11.4. The van der Waals surface area contributed by atoms with Gasteiger partial charge in [0.1, 0.15) is 0 Å². The maximum Gasteiger partial charge on any atom is 0.317 e. The molecular weight excluding hydrogens is 224 g/mol. The molecule has 1 fully saturated rings. The van der Waals surface area contributed by atoms with Crippen molar-refractivity contribution in [2.75, 3.05) is 13.1 Å². The molecule has 2 rings (SSSR count). The molecule has 0 aliphatic carbocycles. The van der Waals surface area contributed by atoms with Crippen molar-refractivity contribution < 1.29 is 4.79 Å². The van der Waals surface area contributed by atoms with Gasteiger partial charge in [-0.2, -0.15) is 0 Å². The van der Waals surface area contributed by atoms with Gasteiger partial charge in [-0.25, -0.2) is 4.79 Å².